The van der Waals surface area contributed by atoms with Crippen LogP contribution < -0.4 is 26.6 Å². The number of nitrogens with one attached hydrogen (secondary N) is 5. The lowest BCUT2D eigenvalue weighted by Gasteiger charge is -2.51. The Labute approximate surface area is 841 Å². The number of hydrogen-bond donors (Lipinski definition) is 27. The molecule has 0 spiro atoms. The van der Waals surface area contributed by atoms with Crippen molar-refractivity contribution >= 4 is 29.5 Å². The predicted octanol–water partition coefficient (Wildman–Crippen LogP) is -4.93. The van der Waals surface area contributed by atoms with Gasteiger partial charge in [-0.25, -0.2) is 0 Å². The van der Waals surface area contributed by atoms with Gasteiger partial charge in [0.15, 0.2) is 50.3 Å². The van der Waals surface area contributed by atoms with Gasteiger partial charge in [-0.2, -0.15) is 0 Å². The zero-order chi connectivity index (χ0) is 105. The molecule has 0 aliphatic carbocycles. The molecule has 8 fully saturated rings. The molecule has 42 atom stereocenters. The van der Waals surface area contributed by atoms with Crippen LogP contribution in [-0.4, -0.2) is 459 Å². The highest BCUT2D eigenvalue weighted by atomic mass is 16.8. The number of unbranched alkanes of at least 4 members (excludes halogenated alkanes) is 29. The third kappa shape index (κ3) is 36.9. The Morgan fingerprint density at radius 3 is 0.972 bits per heavy atom. The summed E-state index contributed by atoms with van der Waals surface area (Å²) in [7, 11) is 0. The Bertz CT molecular complexity index is 3610. The van der Waals surface area contributed by atoms with Crippen LogP contribution in [-0.2, 0) is 99.8 Å². The Morgan fingerprint density at radius 2 is 0.562 bits per heavy atom. The molecule has 0 bridgehead atoms. The molecule has 48 heteroatoms. The zero-order valence-corrected chi connectivity index (χ0v) is 83.8. The molecule has 0 aromatic heterocycles. The van der Waals surface area contributed by atoms with Gasteiger partial charge < -0.3 is 215 Å². The van der Waals surface area contributed by atoms with E-state index in [4.69, 9.17) is 75.8 Å². The minimum atomic E-state index is -2.47. The van der Waals surface area contributed by atoms with Crippen molar-refractivity contribution in [3.63, 3.8) is 0 Å². The topological polar surface area (TPSA) is 738 Å². The van der Waals surface area contributed by atoms with Crippen molar-refractivity contribution in [3.05, 3.63) is 12.2 Å². The van der Waals surface area contributed by atoms with Crippen LogP contribution in [0.4, 0.5) is 0 Å². The molecule has 8 rings (SSSR count). The van der Waals surface area contributed by atoms with E-state index in [0.717, 1.165) is 91.9 Å². The standard InChI is InChI=1S/C96H171N5O43/c1-7-9-11-13-15-17-19-21-22-23-24-25-26-28-30-32-34-36-38-40-64(114)101-54(55(113)39-37-35-33-31-29-27-20-18-16-14-12-10-8-2)48-129-93-79(125)77(123)85(61(46-107)136-93)141-96-82(128)88(144-95-81(127)87(72(118)59(44-105)134-95)143-92-68(100-53(6)112)86(71(117)58(43-104)133-92)142-91-66(98-51(4)110)75(121)70(116)57(42-103)132-91)73(119)63(138-96)49-130-89-67(99-52(5)111)76(122)83(60(45-106)135-89)140-94-80(126)78(124)84(62(47-108)137-94)139-90-65(97-50(3)109)74(120)69(115)56(41-102)131-90/h37,39,54-63,65-96,102-108,113,115-128H,7-36,38,40-49H2,1-6H3,(H,97,109)(H,98,110)(H,99,111)(H,100,112)(H,101,114)/b39-37+/t54-,55+,56?,57?,58?,59?,60?,61?,62?,63?,65?,66?,67?,68?,69-,70-,71-,72-,73-,74+,75+,76+,77+,78+,79?,80?,81?,82?,83+,84-,85+,86+,87-,88-,89+,90-,91+,92-,93+,94-,95+,96-/m0/s1. The van der Waals surface area contributed by atoms with Crippen molar-refractivity contribution in [2.75, 3.05) is 59.5 Å². The third-order valence-electron chi connectivity index (χ3n) is 27.7. The van der Waals surface area contributed by atoms with Gasteiger partial charge in [0, 0.05) is 34.1 Å². The van der Waals surface area contributed by atoms with Crippen LogP contribution >= 0.6 is 0 Å². The highest BCUT2D eigenvalue weighted by Crippen LogP contribution is 2.40. The van der Waals surface area contributed by atoms with Gasteiger partial charge in [0.05, 0.1) is 71.6 Å². The maximum absolute atomic E-state index is 13.8. The molecule has 8 saturated heterocycles. The lowest BCUT2D eigenvalue weighted by Crippen LogP contribution is -2.71. The Morgan fingerprint density at radius 1 is 0.278 bits per heavy atom. The second-order valence-corrected chi connectivity index (χ2v) is 39.2. The van der Waals surface area contributed by atoms with Crippen LogP contribution in [0.15, 0.2) is 12.2 Å². The SMILES string of the molecule is CCCCCCCCCCCCC/C=C/[C@@H](O)[C@H](CO[C@@H]1OC(CO)[C@@H](O[C@@H]2OC(CO[C@@H]3OC(CO)[C@@H](O[C@@H]4OC(CO)[C@H](O[C@@H]5OC(CO)[C@H](O)[C@H](O)C5NC(C)=O)[C@H](O)C4O)[C@H](O)C3NC(C)=O)[C@H](O)[C@H](O[C@H]3OC(CO)[C@H](O)[C@H](O[C@@H]4OC(CO)[C@H](O)[C@H](O[C@H]5OC(CO)[C@H](O)[C@H](O)C5NC(C)=O)C4NC(C)=O)C3O)C2O)[C@H](O)C1O)NC(=O)CCCCCCCCCCCCCCCCCCCCC. The molecular weight excluding hydrogens is 1910 g/mol. The number of rotatable bonds is 64. The van der Waals surface area contributed by atoms with E-state index in [-0.39, 0.29) is 6.42 Å². The lowest BCUT2D eigenvalue weighted by molar-refractivity contribution is -0.392. The first-order valence-electron chi connectivity index (χ1n) is 52.0. The van der Waals surface area contributed by atoms with Gasteiger partial charge in [0.1, 0.15) is 195 Å². The lowest BCUT2D eigenvalue weighted by atomic mass is 9.93. The fourth-order valence-electron chi connectivity index (χ4n) is 19.5. The summed E-state index contributed by atoms with van der Waals surface area (Å²) in [6.45, 7) is -0.527. The summed E-state index contributed by atoms with van der Waals surface area (Å²) in [5.74, 6) is -3.79. The van der Waals surface area contributed by atoms with Gasteiger partial charge in [-0.3, -0.25) is 24.0 Å². The first-order chi connectivity index (χ1) is 69.0. The highest BCUT2D eigenvalue weighted by molar-refractivity contribution is 5.76. The van der Waals surface area contributed by atoms with Gasteiger partial charge in [0.2, 0.25) is 29.5 Å². The van der Waals surface area contributed by atoms with Crippen LogP contribution in [0.25, 0.3) is 0 Å². The largest absolute Gasteiger partial charge is 0.394 e. The van der Waals surface area contributed by atoms with Crippen molar-refractivity contribution in [1.82, 2.24) is 26.6 Å². The van der Waals surface area contributed by atoms with Crippen LogP contribution in [0.3, 0.4) is 0 Å². The normalized spacial score (nSPS) is 37.9. The fraction of sp³-hybridized carbons (Fsp3) is 0.927. The second kappa shape index (κ2) is 65.2. The highest BCUT2D eigenvalue weighted by Gasteiger charge is 2.61. The maximum atomic E-state index is 13.8. The molecule has 48 nitrogen and oxygen atoms in total. The zero-order valence-electron chi connectivity index (χ0n) is 83.8. The van der Waals surface area contributed by atoms with Crippen molar-refractivity contribution in [2.45, 2.75) is 505 Å². The average Bonchev–Trinajstić information content (AvgIpc) is 0.767. The molecule has 5 amide bonds. The summed E-state index contributed by atoms with van der Waals surface area (Å²) >= 11 is 0. The smallest absolute Gasteiger partial charge is 0.220 e. The van der Waals surface area contributed by atoms with Gasteiger partial charge in [-0.15, -0.1) is 0 Å². The van der Waals surface area contributed by atoms with Crippen molar-refractivity contribution < 1.29 is 212 Å². The Balaban J connectivity index is 1.02. The Hall–Kier alpha value is -4.43. The van der Waals surface area contributed by atoms with E-state index in [1.165, 1.54) is 128 Å². The number of carbonyl (C=O) groups excluding carboxylic acids is 5. The molecule has 144 heavy (non-hydrogen) atoms. The van der Waals surface area contributed by atoms with Crippen molar-refractivity contribution in [3.8, 4) is 0 Å². The van der Waals surface area contributed by atoms with E-state index in [2.05, 4.69) is 40.4 Å². The van der Waals surface area contributed by atoms with Gasteiger partial charge in [-0.05, 0) is 19.3 Å². The summed E-state index contributed by atoms with van der Waals surface area (Å²) < 4.78 is 96.7. The molecular formula is C96H171N5O43. The van der Waals surface area contributed by atoms with E-state index in [1.54, 1.807) is 6.08 Å². The predicted molar refractivity (Wildman–Crippen MR) is 501 cm³/mol. The summed E-state index contributed by atoms with van der Waals surface area (Å²) in [6, 6.07) is -8.19. The van der Waals surface area contributed by atoms with Crippen molar-refractivity contribution in [1.29, 1.82) is 0 Å². The van der Waals surface area contributed by atoms with Crippen LogP contribution in [0, 0.1) is 0 Å². The second-order valence-electron chi connectivity index (χ2n) is 39.2. The first kappa shape index (κ1) is 125. The molecule has 0 saturated carbocycles. The number of amides is 5. The Kier molecular flexibility index (Phi) is 56.5. The molecule has 8 heterocycles. The van der Waals surface area contributed by atoms with Gasteiger partial charge in [-0.1, -0.05) is 206 Å². The average molecular weight is 2080 g/mol. The quantitative estimate of drug-likeness (QED) is 0.0200. The molecule has 8 aliphatic heterocycles. The molecule has 16 unspecified atom stereocenters. The van der Waals surface area contributed by atoms with Crippen LogP contribution in [0.1, 0.15) is 247 Å². The van der Waals surface area contributed by atoms with E-state index in [1.807, 2.05) is 0 Å². The van der Waals surface area contributed by atoms with E-state index < -0.39 is 347 Å². The van der Waals surface area contributed by atoms with E-state index in [0.29, 0.717) is 12.8 Å². The number of hydrogen-bond acceptors (Lipinski definition) is 43. The van der Waals surface area contributed by atoms with Crippen molar-refractivity contribution in [2.24, 2.45) is 0 Å². The molecule has 838 valence electrons. The first-order valence-corrected chi connectivity index (χ1v) is 52.0. The third-order valence-corrected chi connectivity index (χ3v) is 27.7. The minimum absolute atomic E-state index is 0.101. The molecule has 0 aromatic carbocycles. The van der Waals surface area contributed by atoms with Crippen LogP contribution in [0.2, 0.25) is 0 Å². The number of ether oxygens (including phenoxy) is 16. The molecule has 0 radical (unpaired) electrons. The van der Waals surface area contributed by atoms with Gasteiger partial charge >= 0.3 is 0 Å². The molecule has 0 aromatic rings. The van der Waals surface area contributed by atoms with Crippen LogP contribution in [0.5, 0.6) is 0 Å². The molecule has 8 aliphatic rings. The fourth-order valence-corrected chi connectivity index (χ4v) is 19.5. The number of carbonyl (C=O) groups is 5. The number of allylic oxidation sites excluding steroid dienone is 1. The summed E-state index contributed by atoms with van der Waals surface area (Å²) in [6.07, 6.45) is -35.9. The van der Waals surface area contributed by atoms with E-state index >= 15 is 0 Å². The summed E-state index contributed by atoms with van der Waals surface area (Å²) in [4.78, 5) is 65.0. The maximum Gasteiger partial charge on any atom is 0.220 e. The van der Waals surface area contributed by atoms with E-state index in [9.17, 15) is 136 Å². The minimum Gasteiger partial charge on any atom is -0.394 e. The monoisotopic (exact) mass is 2080 g/mol. The van der Waals surface area contributed by atoms with Gasteiger partial charge in [0.25, 0.3) is 0 Å². The number of aliphatic hydroxyl groups excluding tert-OH is 22. The molecule has 27 N–H and O–H groups in total. The summed E-state index contributed by atoms with van der Waals surface area (Å²) in [5.41, 5.74) is 0. The summed E-state index contributed by atoms with van der Waals surface area (Å²) in [5, 5.41) is 264. The number of aliphatic hydroxyl groups is 22.